The molecule has 1 aromatic heterocycles. The van der Waals surface area contributed by atoms with Gasteiger partial charge in [0.2, 0.25) is 6.79 Å². The van der Waals surface area contributed by atoms with Crippen LogP contribution in [0.25, 0.3) is 0 Å². The molecule has 0 fully saturated rings. The van der Waals surface area contributed by atoms with E-state index in [1.165, 1.54) is 11.8 Å². The van der Waals surface area contributed by atoms with Crippen molar-refractivity contribution in [1.29, 1.82) is 0 Å². The van der Waals surface area contributed by atoms with E-state index in [1.807, 2.05) is 31.2 Å². The fraction of sp³-hybridized carbons (Fsp3) is 0.320. The van der Waals surface area contributed by atoms with Crippen LogP contribution in [0.15, 0.2) is 41.3 Å². The minimum Gasteiger partial charge on any atom is -0.481 e. The van der Waals surface area contributed by atoms with Gasteiger partial charge in [-0.2, -0.15) is 0 Å². The van der Waals surface area contributed by atoms with Crippen molar-refractivity contribution >= 4 is 35.3 Å². The van der Waals surface area contributed by atoms with Crippen molar-refractivity contribution in [2.75, 3.05) is 6.79 Å². The molecule has 0 saturated carbocycles. The third-order valence-corrected chi connectivity index (χ3v) is 6.97. The molecule has 0 spiro atoms. The number of fused-ring (bicyclic) bond motifs is 1. The summed E-state index contributed by atoms with van der Waals surface area (Å²) in [7, 11) is 0. The molecule has 0 radical (unpaired) electrons. The molecule has 184 valence electrons. The van der Waals surface area contributed by atoms with Crippen LogP contribution in [0, 0.1) is 0 Å². The van der Waals surface area contributed by atoms with E-state index in [1.54, 1.807) is 16.7 Å². The van der Waals surface area contributed by atoms with Crippen molar-refractivity contribution < 1.29 is 29.3 Å². The number of nitrogens with zero attached hydrogens (tertiary/aromatic N) is 2. The second kappa shape index (κ2) is 11.0. The van der Waals surface area contributed by atoms with E-state index < -0.39 is 11.9 Å². The Morgan fingerprint density at radius 1 is 1.11 bits per heavy atom. The predicted octanol–water partition coefficient (Wildman–Crippen LogP) is 5.27. The number of carboxylic acid groups (broad SMARTS) is 2. The monoisotopic (exact) mass is 516 g/mol. The van der Waals surface area contributed by atoms with Gasteiger partial charge in [0.25, 0.3) is 0 Å². The SMILES string of the molecule is CCCc1nc(CSc2ccc(CCC(=O)O)cc2)c(C(=O)O)n1Cc1cc2c(cc1Cl)OCO2. The number of benzene rings is 2. The van der Waals surface area contributed by atoms with Crippen LogP contribution in [0.5, 0.6) is 11.5 Å². The van der Waals surface area contributed by atoms with Gasteiger partial charge >= 0.3 is 11.9 Å². The van der Waals surface area contributed by atoms with Crippen LogP contribution in [-0.4, -0.2) is 38.5 Å². The highest BCUT2D eigenvalue weighted by atomic mass is 35.5. The number of aromatic carboxylic acids is 1. The van der Waals surface area contributed by atoms with Crippen molar-refractivity contribution in [2.24, 2.45) is 0 Å². The van der Waals surface area contributed by atoms with Gasteiger partial charge in [-0.3, -0.25) is 4.79 Å². The van der Waals surface area contributed by atoms with E-state index in [2.05, 4.69) is 0 Å². The van der Waals surface area contributed by atoms with Crippen LogP contribution in [0.3, 0.4) is 0 Å². The summed E-state index contributed by atoms with van der Waals surface area (Å²) in [6.45, 7) is 2.40. The molecule has 2 heterocycles. The second-order valence-corrected chi connectivity index (χ2v) is 9.54. The molecule has 0 aliphatic carbocycles. The van der Waals surface area contributed by atoms with Crippen molar-refractivity contribution in [3.8, 4) is 11.5 Å². The molecule has 0 amide bonds. The summed E-state index contributed by atoms with van der Waals surface area (Å²) in [6.07, 6.45) is 2.00. The first kappa shape index (κ1) is 24.9. The highest BCUT2D eigenvalue weighted by molar-refractivity contribution is 7.98. The number of aryl methyl sites for hydroxylation is 2. The van der Waals surface area contributed by atoms with E-state index in [4.69, 9.17) is 31.2 Å². The Hall–Kier alpha value is -3.17. The Labute approximate surface area is 211 Å². The maximum absolute atomic E-state index is 12.3. The van der Waals surface area contributed by atoms with Crippen LogP contribution in [-0.2, 0) is 29.9 Å². The van der Waals surface area contributed by atoms with Crippen molar-refractivity contribution in [3.63, 3.8) is 0 Å². The van der Waals surface area contributed by atoms with Gasteiger partial charge in [-0.1, -0.05) is 30.7 Å². The van der Waals surface area contributed by atoms with E-state index in [0.717, 1.165) is 22.4 Å². The topological polar surface area (TPSA) is 111 Å². The fourth-order valence-electron chi connectivity index (χ4n) is 3.88. The molecular formula is C25H25ClN2O6S. The maximum Gasteiger partial charge on any atom is 0.354 e. The van der Waals surface area contributed by atoms with Crippen molar-refractivity contribution in [1.82, 2.24) is 9.55 Å². The molecule has 4 rings (SSSR count). The van der Waals surface area contributed by atoms with E-state index >= 15 is 0 Å². The number of hydrogen-bond acceptors (Lipinski definition) is 6. The van der Waals surface area contributed by atoms with Gasteiger partial charge in [-0.15, -0.1) is 11.8 Å². The first-order valence-electron chi connectivity index (χ1n) is 11.2. The van der Waals surface area contributed by atoms with Gasteiger partial charge in [0.05, 0.1) is 12.2 Å². The Bertz CT molecular complexity index is 1240. The molecule has 8 nitrogen and oxygen atoms in total. The first-order chi connectivity index (χ1) is 16.9. The zero-order chi connectivity index (χ0) is 24.9. The number of imidazole rings is 1. The van der Waals surface area contributed by atoms with E-state index in [0.29, 0.717) is 46.6 Å². The lowest BCUT2D eigenvalue weighted by Gasteiger charge is -2.12. The summed E-state index contributed by atoms with van der Waals surface area (Å²) in [5.41, 5.74) is 2.31. The molecule has 0 bridgehead atoms. The molecule has 0 unspecified atom stereocenters. The number of carboxylic acids is 2. The lowest BCUT2D eigenvalue weighted by molar-refractivity contribution is -0.136. The van der Waals surface area contributed by atoms with Gasteiger partial charge in [0.15, 0.2) is 17.2 Å². The molecule has 2 aromatic carbocycles. The molecule has 1 aliphatic heterocycles. The van der Waals surface area contributed by atoms with Crippen molar-refractivity contribution in [2.45, 2.75) is 49.8 Å². The highest BCUT2D eigenvalue weighted by Gasteiger charge is 2.24. The van der Waals surface area contributed by atoms with Crippen LogP contribution >= 0.6 is 23.4 Å². The van der Waals surface area contributed by atoms with E-state index in [-0.39, 0.29) is 25.5 Å². The molecule has 0 atom stereocenters. The number of halogens is 1. The normalized spacial score (nSPS) is 12.2. The summed E-state index contributed by atoms with van der Waals surface area (Å²) in [6, 6.07) is 11.1. The summed E-state index contributed by atoms with van der Waals surface area (Å²) in [5.74, 6) is 0.359. The maximum atomic E-state index is 12.3. The number of aromatic nitrogens is 2. The molecule has 1 aliphatic rings. The summed E-state index contributed by atoms with van der Waals surface area (Å²) in [5, 5.41) is 19.4. The smallest absolute Gasteiger partial charge is 0.354 e. The number of aliphatic carboxylic acids is 1. The minimum atomic E-state index is -1.05. The fourth-order valence-corrected chi connectivity index (χ4v) is 4.93. The Morgan fingerprint density at radius 2 is 1.83 bits per heavy atom. The van der Waals surface area contributed by atoms with Crippen LogP contribution in [0.2, 0.25) is 5.02 Å². The standard InChI is InChI=1S/C25H25ClN2O6S/c1-2-3-22-27-19(13-35-17-7-4-15(5-8-17)6-9-23(29)30)24(25(31)32)28(22)12-16-10-20-21(11-18(16)26)34-14-33-20/h4-5,7-8,10-11H,2-3,6,9,12-14H2,1H3,(H,29,30)(H,31,32). The van der Waals surface area contributed by atoms with Gasteiger partial charge in [0.1, 0.15) is 5.82 Å². The quantitative estimate of drug-likeness (QED) is 0.331. The molecule has 3 aromatic rings. The number of carbonyl (C=O) groups is 2. The van der Waals surface area contributed by atoms with Crippen LogP contribution in [0.1, 0.15) is 52.9 Å². The van der Waals surface area contributed by atoms with Crippen molar-refractivity contribution in [3.05, 3.63) is 69.8 Å². The lowest BCUT2D eigenvalue weighted by atomic mass is 10.1. The summed E-state index contributed by atoms with van der Waals surface area (Å²) >= 11 is 7.95. The molecule has 2 N–H and O–H groups in total. The van der Waals surface area contributed by atoms with Crippen LogP contribution < -0.4 is 9.47 Å². The van der Waals surface area contributed by atoms with Crippen LogP contribution in [0.4, 0.5) is 0 Å². The number of ether oxygens (including phenoxy) is 2. The Kier molecular flexibility index (Phi) is 7.87. The average Bonchev–Trinajstić information content (AvgIpc) is 3.41. The third kappa shape index (κ3) is 5.91. The molecular weight excluding hydrogens is 492 g/mol. The zero-order valence-electron chi connectivity index (χ0n) is 19.1. The third-order valence-electron chi connectivity index (χ3n) is 5.59. The summed E-state index contributed by atoms with van der Waals surface area (Å²) < 4.78 is 12.6. The van der Waals surface area contributed by atoms with Gasteiger partial charge in [-0.05, 0) is 42.2 Å². The van der Waals surface area contributed by atoms with Gasteiger partial charge < -0.3 is 24.3 Å². The van der Waals surface area contributed by atoms with E-state index in [9.17, 15) is 14.7 Å². The van der Waals surface area contributed by atoms with Gasteiger partial charge in [-0.25, -0.2) is 9.78 Å². The molecule has 0 saturated heterocycles. The first-order valence-corrected chi connectivity index (χ1v) is 12.5. The molecule has 35 heavy (non-hydrogen) atoms. The highest BCUT2D eigenvalue weighted by Crippen LogP contribution is 2.37. The zero-order valence-corrected chi connectivity index (χ0v) is 20.7. The second-order valence-electron chi connectivity index (χ2n) is 8.09. The van der Waals surface area contributed by atoms with Gasteiger partial charge in [0, 0.05) is 34.6 Å². The number of rotatable bonds is 11. The summed E-state index contributed by atoms with van der Waals surface area (Å²) in [4.78, 5) is 28.7. The molecule has 10 heteroatoms. The number of thioether (sulfide) groups is 1. The Balaban J connectivity index is 1.57. The largest absolute Gasteiger partial charge is 0.481 e. The lowest BCUT2D eigenvalue weighted by Crippen LogP contribution is -2.14. The average molecular weight is 517 g/mol. The Morgan fingerprint density at radius 3 is 2.49 bits per heavy atom. The number of hydrogen-bond donors (Lipinski definition) is 2. The minimum absolute atomic E-state index is 0.0828. The predicted molar refractivity (Wildman–Crippen MR) is 132 cm³/mol.